The van der Waals surface area contributed by atoms with E-state index in [1.54, 1.807) is 23.7 Å². The monoisotopic (exact) mass is 397 g/mol. The molecule has 1 fully saturated rings. The molecule has 2 aromatic rings. The van der Waals surface area contributed by atoms with Gasteiger partial charge in [-0.25, -0.2) is 9.97 Å². The highest BCUT2D eigenvalue weighted by molar-refractivity contribution is 7.16. The van der Waals surface area contributed by atoms with Crippen molar-refractivity contribution < 1.29 is 9.69 Å². The first kappa shape index (κ1) is 18.8. The Bertz CT molecular complexity index is 882. The largest absolute Gasteiger partial charge is 0.330 e. The highest BCUT2D eigenvalue weighted by Crippen LogP contribution is 2.39. The molecule has 2 aromatic heterocycles. The van der Waals surface area contributed by atoms with E-state index in [-0.39, 0.29) is 5.91 Å². The van der Waals surface area contributed by atoms with Gasteiger partial charge >= 0.3 is 0 Å². The maximum atomic E-state index is 12.6. The van der Waals surface area contributed by atoms with Gasteiger partial charge < -0.3 is 15.1 Å². The number of carbonyl (C=O) groups is 1. The number of hydrogen-bond donors (Lipinski definition) is 2. The van der Waals surface area contributed by atoms with E-state index in [1.807, 2.05) is 6.07 Å². The number of rotatable bonds is 4. The maximum absolute atomic E-state index is 12.6. The summed E-state index contributed by atoms with van der Waals surface area (Å²) in [6.07, 6.45) is 6.58. The van der Waals surface area contributed by atoms with Crippen LogP contribution in [0.15, 0.2) is 18.5 Å². The van der Waals surface area contributed by atoms with Crippen LogP contribution in [-0.4, -0.2) is 48.6 Å². The molecule has 0 spiro atoms. The molecular weight excluding hydrogens is 372 g/mol. The van der Waals surface area contributed by atoms with E-state index >= 15 is 0 Å². The summed E-state index contributed by atoms with van der Waals surface area (Å²) in [6, 6.07) is 4.13. The molecule has 1 aliphatic heterocycles. The van der Waals surface area contributed by atoms with Gasteiger partial charge in [0.1, 0.15) is 11.1 Å². The topological polar surface area (TPSA) is 86.3 Å². The number of anilines is 2. The van der Waals surface area contributed by atoms with Gasteiger partial charge in [-0.05, 0) is 36.8 Å². The minimum absolute atomic E-state index is 0.0115. The van der Waals surface area contributed by atoms with Crippen LogP contribution in [-0.2, 0) is 17.6 Å². The number of aromatic nitrogens is 2. The standard InChI is InChI=1S/C20H24N6OS/c1-14-3-4-15-16(12-21)19(28-17(15)11-14)24-18(27)13-25-7-9-26(10-8-25)20-22-5-2-6-23-20/h2,5-6,14H,3-4,7-11,13H2,1H3,(H,24,27)/p+1/t14-/m1/s1. The SMILES string of the molecule is C[C@@H]1CCc2c(sc(NC(=O)C[NH+]3CCN(c4ncccn4)CC3)c2C#N)C1. The zero-order chi connectivity index (χ0) is 19.5. The van der Waals surface area contributed by atoms with Crippen LogP contribution < -0.4 is 15.1 Å². The van der Waals surface area contributed by atoms with Crippen molar-refractivity contribution in [2.75, 3.05) is 42.9 Å². The molecule has 146 valence electrons. The summed E-state index contributed by atoms with van der Waals surface area (Å²) >= 11 is 1.59. The Kier molecular flexibility index (Phi) is 5.55. The Balaban J connectivity index is 1.34. The van der Waals surface area contributed by atoms with Crippen molar-refractivity contribution in [1.29, 1.82) is 5.26 Å². The Morgan fingerprint density at radius 1 is 1.39 bits per heavy atom. The number of quaternary nitrogens is 1. The van der Waals surface area contributed by atoms with Crippen LogP contribution in [0.1, 0.15) is 29.3 Å². The van der Waals surface area contributed by atoms with E-state index < -0.39 is 0 Å². The highest BCUT2D eigenvalue weighted by atomic mass is 32.1. The molecule has 0 saturated carbocycles. The Morgan fingerprint density at radius 2 is 2.14 bits per heavy atom. The molecular formula is C20H25N6OS+. The molecule has 1 saturated heterocycles. The lowest BCUT2D eigenvalue weighted by molar-refractivity contribution is -0.892. The normalized spacial score (nSPS) is 19.7. The van der Waals surface area contributed by atoms with Gasteiger partial charge in [-0.15, -0.1) is 11.3 Å². The fourth-order valence-corrected chi connectivity index (χ4v) is 5.39. The molecule has 0 bridgehead atoms. The first-order chi connectivity index (χ1) is 13.6. The van der Waals surface area contributed by atoms with Crippen molar-refractivity contribution in [3.05, 3.63) is 34.5 Å². The third kappa shape index (κ3) is 4.01. The smallest absolute Gasteiger partial charge is 0.280 e. The van der Waals surface area contributed by atoms with Crippen molar-refractivity contribution in [1.82, 2.24) is 9.97 Å². The molecule has 4 rings (SSSR count). The predicted molar refractivity (Wildman–Crippen MR) is 109 cm³/mol. The van der Waals surface area contributed by atoms with Crippen LogP contribution in [0.5, 0.6) is 0 Å². The summed E-state index contributed by atoms with van der Waals surface area (Å²) in [5.74, 6) is 1.39. The summed E-state index contributed by atoms with van der Waals surface area (Å²) in [4.78, 5) is 25.9. The number of carbonyl (C=O) groups excluding carboxylic acids is 1. The lowest BCUT2D eigenvalue weighted by Crippen LogP contribution is -3.15. The third-order valence-electron chi connectivity index (χ3n) is 5.59. The number of nitrogens with zero attached hydrogens (tertiary/aromatic N) is 4. The number of nitriles is 1. The van der Waals surface area contributed by atoms with Crippen LogP contribution in [0.2, 0.25) is 0 Å². The number of thiophene rings is 1. The second-order valence-electron chi connectivity index (χ2n) is 7.68. The molecule has 1 amide bonds. The number of hydrogen-bond acceptors (Lipinski definition) is 6. The molecule has 3 heterocycles. The van der Waals surface area contributed by atoms with Gasteiger partial charge in [0, 0.05) is 17.3 Å². The summed E-state index contributed by atoms with van der Waals surface area (Å²) in [6.45, 7) is 6.08. The zero-order valence-corrected chi connectivity index (χ0v) is 16.9. The summed E-state index contributed by atoms with van der Waals surface area (Å²) in [5, 5.41) is 13.3. The zero-order valence-electron chi connectivity index (χ0n) is 16.1. The average Bonchev–Trinajstić information content (AvgIpc) is 3.04. The minimum atomic E-state index is -0.0115. The van der Waals surface area contributed by atoms with E-state index in [2.05, 4.69) is 33.2 Å². The van der Waals surface area contributed by atoms with Gasteiger partial charge in [-0.3, -0.25) is 4.79 Å². The van der Waals surface area contributed by atoms with Crippen molar-refractivity contribution in [3.63, 3.8) is 0 Å². The van der Waals surface area contributed by atoms with Crippen LogP contribution in [0.4, 0.5) is 10.9 Å². The molecule has 0 aromatic carbocycles. The predicted octanol–water partition coefficient (Wildman–Crippen LogP) is 0.878. The maximum Gasteiger partial charge on any atom is 0.280 e. The average molecular weight is 398 g/mol. The molecule has 2 aliphatic rings. The Labute approximate surface area is 169 Å². The quantitative estimate of drug-likeness (QED) is 0.800. The summed E-state index contributed by atoms with van der Waals surface area (Å²) in [7, 11) is 0. The molecule has 1 aliphatic carbocycles. The van der Waals surface area contributed by atoms with Crippen molar-refractivity contribution >= 4 is 28.2 Å². The minimum Gasteiger partial charge on any atom is -0.330 e. The van der Waals surface area contributed by atoms with Crippen molar-refractivity contribution in [2.24, 2.45) is 5.92 Å². The molecule has 28 heavy (non-hydrogen) atoms. The summed E-state index contributed by atoms with van der Waals surface area (Å²) in [5.41, 5.74) is 1.84. The Hall–Kier alpha value is -2.50. The number of amides is 1. The summed E-state index contributed by atoms with van der Waals surface area (Å²) < 4.78 is 0. The van der Waals surface area contributed by atoms with Gasteiger partial charge in [0.05, 0.1) is 31.7 Å². The van der Waals surface area contributed by atoms with E-state index in [0.717, 1.165) is 62.0 Å². The molecule has 8 heteroatoms. The van der Waals surface area contributed by atoms with Gasteiger partial charge in [-0.2, -0.15) is 5.26 Å². The van der Waals surface area contributed by atoms with E-state index in [0.29, 0.717) is 18.0 Å². The van der Waals surface area contributed by atoms with Gasteiger partial charge in [0.2, 0.25) is 5.95 Å². The van der Waals surface area contributed by atoms with Crippen LogP contribution >= 0.6 is 11.3 Å². The molecule has 0 radical (unpaired) electrons. The highest BCUT2D eigenvalue weighted by Gasteiger charge is 2.27. The van der Waals surface area contributed by atoms with Crippen LogP contribution in [0, 0.1) is 17.2 Å². The van der Waals surface area contributed by atoms with Crippen molar-refractivity contribution in [3.8, 4) is 6.07 Å². The van der Waals surface area contributed by atoms with Crippen molar-refractivity contribution in [2.45, 2.75) is 26.2 Å². The molecule has 2 N–H and O–H groups in total. The number of fused-ring (bicyclic) bond motifs is 1. The van der Waals surface area contributed by atoms with E-state index in [1.165, 1.54) is 9.78 Å². The third-order valence-corrected chi connectivity index (χ3v) is 6.76. The number of piperazine rings is 1. The van der Waals surface area contributed by atoms with E-state index in [4.69, 9.17) is 0 Å². The molecule has 0 unspecified atom stereocenters. The fraction of sp³-hybridized carbons (Fsp3) is 0.500. The second-order valence-corrected chi connectivity index (χ2v) is 8.78. The second kappa shape index (κ2) is 8.25. The van der Waals surface area contributed by atoms with Crippen LogP contribution in [0.25, 0.3) is 0 Å². The lowest BCUT2D eigenvalue weighted by atomic mass is 9.89. The van der Waals surface area contributed by atoms with Gasteiger partial charge in [0.25, 0.3) is 5.91 Å². The fourth-order valence-electron chi connectivity index (χ4n) is 4.01. The molecule has 1 atom stereocenters. The van der Waals surface area contributed by atoms with Gasteiger partial charge in [0.15, 0.2) is 6.54 Å². The van der Waals surface area contributed by atoms with Gasteiger partial charge in [-0.1, -0.05) is 6.92 Å². The first-order valence-corrected chi connectivity index (χ1v) is 10.7. The lowest BCUT2D eigenvalue weighted by Gasteiger charge is -2.31. The van der Waals surface area contributed by atoms with E-state index in [9.17, 15) is 10.1 Å². The van der Waals surface area contributed by atoms with Crippen LogP contribution in [0.3, 0.4) is 0 Å². The Morgan fingerprint density at radius 3 is 2.86 bits per heavy atom. The molecule has 7 nitrogen and oxygen atoms in total. The number of nitrogens with one attached hydrogen (secondary N) is 2. The first-order valence-electron chi connectivity index (χ1n) is 9.84.